The molecule has 0 bridgehead atoms. The molecular weight excluding hydrogens is 260 g/mol. The Hall–Kier alpha value is -2.11. The predicted molar refractivity (Wildman–Crippen MR) is 75.0 cm³/mol. The molecule has 108 valence electrons. The summed E-state index contributed by atoms with van der Waals surface area (Å²) in [4.78, 5) is 24.4. The highest BCUT2D eigenvalue weighted by Gasteiger charge is 2.36. The van der Waals surface area contributed by atoms with E-state index in [0.717, 1.165) is 24.8 Å². The number of amides is 1. The number of anilines is 1. The molecule has 20 heavy (non-hydrogen) atoms. The van der Waals surface area contributed by atoms with E-state index in [0.29, 0.717) is 5.69 Å². The molecule has 0 N–H and O–H groups in total. The van der Waals surface area contributed by atoms with Crippen molar-refractivity contribution in [1.82, 2.24) is 0 Å². The summed E-state index contributed by atoms with van der Waals surface area (Å²) in [5.41, 5.74) is 1.19. The smallest absolute Gasteiger partial charge is 0.414 e. The third-order valence-corrected chi connectivity index (χ3v) is 3.58. The van der Waals surface area contributed by atoms with E-state index in [9.17, 15) is 14.9 Å². The number of nitrogens with zero attached hydrogens (tertiary/aromatic N) is 2. The molecule has 1 aromatic rings. The molecule has 1 heterocycles. The summed E-state index contributed by atoms with van der Waals surface area (Å²) in [6.07, 6.45) is 1.77. The first-order valence-corrected chi connectivity index (χ1v) is 6.82. The standard InChI is InChI=1S/C14H18N2O4/c1-3-11-9-8-10-6-5-7-12(16(18)19)13(10)15(11)14(17)20-4-2/h5-7,11H,3-4,8-9H2,1-2H3. The lowest BCUT2D eigenvalue weighted by Gasteiger charge is -2.35. The van der Waals surface area contributed by atoms with Gasteiger partial charge in [0.2, 0.25) is 0 Å². The summed E-state index contributed by atoms with van der Waals surface area (Å²) in [5, 5.41) is 11.2. The van der Waals surface area contributed by atoms with Crippen LogP contribution in [-0.4, -0.2) is 23.7 Å². The lowest BCUT2D eigenvalue weighted by molar-refractivity contribution is -0.384. The van der Waals surface area contributed by atoms with Crippen molar-refractivity contribution in [3.8, 4) is 0 Å². The SMILES string of the molecule is CCOC(=O)N1c2c(cccc2[N+](=O)[O-])CCC1CC. The van der Waals surface area contributed by atoms with Crippen molar-refractivity contribution in [3.63, 3.8) is 0 Å². The topological polar surface area (TPSA) is 72.7 Å². The van der Waals surface area contributed by atoms with Crippen molar-refractivity contribution in [3.05, 3.63) is 33.9 Å². The molecular formula is C14H18N2O4. The van der Waals surface area contributed by atoms with E-state index in [1.54, 1.807) is 13.0 Å². The van der Waals surface area contributed by atoms with Crippen molar-refractivity contribution in [2.75, 3.05) is 11.5 Å². The minimum atomic E-state index is -0.505. The number of nitro groups is 1. The molecule has 0 aromatic heterocycles. The van der Waals surface area contributed by atoms with E-state index in [2.05, 4.69) is 0 Å². The highest BCUT2D eigenvalue weighted by Crippen LogP contribution is 2.39. The Balaban J connectivity index is 2.54. The summed E-state index contributed by atoms with van der Waals surface area (Å²) in [5.74, 6) is 0. The van der Waals surface area contributed by atoms with Crippen molar-refractivity contribution in [2.45, 2.75) is 39.2 Å². The van der Waals surface area contributed by atoms with Crippen LogP contribution in [0.15, 0.2) is 18.2 Å². The minimum Gasteiger partial charge on any atom is -0.449 e. The fourth-order valence-electron chi connectivity index (χ4n) is 2.66. The molecule has 0 spiro atoms. The Kier molecular flexibility index (Phi) is 4.22. The van der Waals surface area contributed by atoms with Gasteiger partial charge in [-0.05, 0) is 31.7 Å². The Labute approximate surface area is 117 Å². The first-order chi connectivity index (χ1) is 9.60. The molecule has 1 atom stereocenters. The van der Waals surface area contributed by atoms with Crippen LogP contribution in [0, 0.1) is 10.1 Å². The molecule has 1 aliphatic heterocycles. The number of aryl methyl sites for hydroxylation is 1. The van der Waals surface area contributed by atoms with Gasteiger partial charge in [0.25, 0.3) is 5.69 Å². The lowest BCUT2D eigenvalue weighted by Crippen LogP contribution is -2.44. The predicted octanol–water partition coefficient (Wildman–Crippen LogP) is 3.28. The van der Waals surface area contributed by atoms with Crippen LogP contribution in [-0.2, 0) is 11.2 Å². The number of hydrogen-bond donors (Lipinski definition) is 0. The van der Waals surface area contributed by atoms with Crippen LogP contribution < -0.4 is 4.90 Å². The summed E-state index contributed by atoms with van der Waals surface area (Å²) < 4.78 is 5.07. The van der Waals surface area contributed by atoms with Gasteiger partial charge in [0.05, 0.1) is 11.5 Å². The molecule has 2 rings (SSSR count). The number of benzene rings is 1. The Morgan fingerprint density at radius 2 is 2.25 bits per heavy atom. The van der Waals surface area contributed by atoms with Gasteiger partial charge in [-0.1, -0.05) is 19.1 Å². The molecule has 1 amide bonds. The largest absolute Gasteiger partial charge is 0.449 e. The first kappa shape index (κ1) is 14.3. The zero-order chi connectivity index (χ0) is 14.7. The number of fused-ring (bicyclic) bond motifs is 1. The number of carbonyl (C=O) groups excluding carboxylic acids is 1. The van der Waals surface area contributed by atoms with Crippen LogP contribution >= 0.6 is 0 Å². The number of hydrogen-bond acceptors (Lipinski definition) is 4. The number of rotatable bonds is 3. The second-order valence-electron chi connectivity index (χ2n) is 4.71. The first-order valence-electron chi connectivity index (χ1n) is 6.82. The molecule has 0 fully saturated rings. The van der Waals surface area contributed by atoms with Crippen LogP contribution in [0.1, 0.15) is 32.3 Å². The zero-order valence-electron chi connectivity index (χ0n) is 11.7. The maximum Gasteiger partial charge on any atom is 0.414 e. The summed E-state index contributed by atoms with van der Waals surface area (Å²) in [6.45, 7) is 3.95. The second kappa shape index (κ2) is 5.90. The molecule has 0 saturated heterocycles. The summed E-state index contributed by atoms with van der Waals surface area (Å²) in [7, 11) is 0. The third-order valence-electron chi connectivity index (χ3n) is 3.58. The number of para-hydroxylation sites is 1. The highest BCUT2D eigenvalue weighted by molar-refractivity contribution is 5.93. The van der Waals surface area contributed by atoms with Gasteiger partial charge in [0, 0.05) is 12.1 Å². The van der Waals surface area contributed by atoms with E-state index >= 15 is 0 Å². The number of ether oxygens (including phenoxy) is 1. The van der Waals surface area contributed by atoms with Crippen LogP contribution in [0.25, 0.3) is 0 Å². The Morgan fingerprint density at radius 1 is 1.50 bits per heavy atom. The molecule has 6 nitrogen and oxygen atoms in total. The van der Waals surface area contributed by atoms with Gasteiger partial charge < -0.3 is 4.74 Å². The van der Waals surface area contributed by atoms with Gasteiger partial charge in [-0.3, -0.25) is 15.0 Å². The maximum atomic E-state index is 12.2. The Morgan fingerprint density at radius 3 is 2.85 bits per heavy atom. The molecule has 6 heteroatoms. The van der Waals surface area contributed by atoms with Crippen molar-refractivity contribution < 1.29 is 14.5 Å². The van der Waals surface area contributed by atoms with Gasteiger partial charge in [0.1, 0.15) is 5.69 Å². The highest BCUT2D eigenvalue weighted by atomic mass is 16.6. The summed E-state index contributed by atoms with van der Waals surface area (Å²) >= 11 is 0. The van der Waals surface area contributed by atoms with Gasteiger partial charge in [-0.2, -0.15) is 0 Å². The van der Waals surface area contributed by atoms with E-state index in [1.165, 1.54) is 11.0 Å². The molecule has 1 unspecified atom stereocenters. The fourth-order valence-corrected chi connectivity index (χ4v) is 2.66. The molecule has 0 radical (unpaired) electrons. The molecule has 0 aliphatic carbocycles. The lowest BCUT2D eigenvalue weighted by atomic mass is 9.94. The zero-order valence-corrected chi connectivity index (χ0v) is 11.7. The van der Waals surface area contributed by atoms with Crippen LogP contribution in [0.3, 0.4) is 0 Å². The van der Waals surface area contributed by atoms with E-state index in [1.807, 2.05) is 13.0 Å². The van der Waals surface area contributed by atoms with Crippen LogP contribution in [0.4, 0.5) is 16.2 Å². The van der Waals surface area contributed by atoms with E-state index in [-0.39, 0.29) is 18.3 Å². The second-order valence-corrected chi connectivity index (χ2v) is 4.71. The van der Waals surface area contributed by atoms with E-state index < -0.39 is 11.0 Å². The molecule has 1 aromatic carbocycles. The monoisotopic (exact) mass is 278 g/mol. The molecule has 0 saturated carbocycles. The van der Waals surface area contributed by atoms with Gasteiger partial charge >= 0.3 is 6.09 Å². The average Bonchev–Trinajstić information content (AvgIpc) is 2.45. The van der Waals surface area contributed by atoms with Gasteiger partial charge in [-0.25, -0.2) is 4.79 Å². The Bertz CT molecular complexity index is 530. The van der Waals surface area contributed by atoms with Crippen LogP contribution in [0.5, 0.6) is 0 Å². The maximum absolute atomic E-state index is 12.2. The number of nitro benzene ring substituents is 1. The quantitative estimate of drug-likeness (QED) is 0.628. The average molecular weight is 278 g/mol. The normalized spacial score (nSPS) is 17.5. The van der Waals surface area contributed by atoms with Crippen molar-refractivity contribution in [2.24, 2.45) is 0 Å². The van der Waals surface area contributed by atoms with Crippen LogP contribution in [0.2, 0.25) is 0 Å². The van der Waals surface area contributed by atoms with Gasteiger partial charge in [0.15, 0.2) is 0 Å². The fraction of sp³-hybridized carbons (Fsp3) is 0.500. The van der Waals surface area contributed by atoms with Crippen molar-refractivity contribution in [1.29, 1.82) is 0 Å². The number of carbonyl (C=O) groups is 1. The molecule has 1 aliphatic rings. The minimum absolute atomic E-state index is 0.0336. The van der Waals surface area contributed by atoms with E-state index in [4.69, 9.17) is 4.74 Å². The summed E-state index contributed by atoms with van der Waals surface area (Å²) in [6, 6.07) is 4.87. The third kappa shape index (κ3) is 2.45. The van der Waals surface area contributed by atoms with Gasteiger partial charge in [-0.15, -0.1) is 0 Å². The van der Waals surface area contributed by atoms with Crippen molar-refractivity contribution >= 4 is 17.5 Å².